The Balaban J connectivity index is 2.20. The molecule has 1 N–H and O–H groups in total. The van der Waals surface area contributed by atoms with E-state index in [-0.39, 0.29) is 0 Å². The second-order valence-corrected chi connectivity index (χ2v) is 5.36. The number of aromatic nitrogens is 1. The van der Waals surface area contributed by atoms with E-state index in [4.69, 9.17) is 16.3 Å². The molecule has 0 aliphatic carbocycles. The summed E-state index contributed by atoms with van der Waals surface area (Å²) in [5.74, 6) is 0.668. The van der Waals surface area contributed by atoms with Crippen molar-refractivity contribution in [1.82, 2.24) is 4.98 Å². The lowest BCUT2D eigenvalue weighted by Gasteiger charge is -2.24. The molecule has 0 radical (unpaired) electrons. The summed E-state index contributed by atoms with van der Waals surface area (Å²) in [6, 6.07) is 9.29. The second kappa shape index (κ2) is 6.25. The fraction of sp³-hybridized carbons (Fsp3) is 0.312. The Morgan fingerprint density at radius 3 is 2.60 bits per heavy atom. The maximum absolute atomic E-state index is 10.7. The van der Waals surface area contributed by atoms with Crippen molar-refractivity contribution >= 4 is 11.6 Å². The Morgan fingerprint density at radius 1 is 1.25 bits per heavy atom. The summed E-state index contributed by atoms with van der Waals surface area (Å²) in [5, 5.41) is 11.4. The van der Waals surface area contributed by atoms with Crippen molar-refractivity contribution in [3.05, 3.63) is 58.9 Å². The molecule has 20 heavy (non-hydrogen) atoms. The first-order valence-corrected chi connectivity index (χ1v) is 6.94. The van der Waals surface area contributed by atoms with Gasteiger partial charge in [-0.1, -0.05) is 23.7 Å². The van der Waals surface area contributed by atoms with E-state index in [0.29, 0.717) is 23.8 Å². The third-order valence-corrected chi connectivity index (χ3v) is 3.36. The van der Waals surface area contributed by atoms with Gasteiger partial charge >= 0.3 is 0 Å². The molecule has 0 saturated heterocycles. The van der Waals surface area contributed by atoms with Crippen LogP contribution in [0.1, 0.15) is 25.0 Å². The summed E-state index contributed by atoms with van der Waals surface area (Å²) in [4.78, 5) is 4.12. The first-order chi connectivity index (χ1) is 9.51. The van der Waals surface area contributed by atoms with Gasteiger partial charge in [-0.2, -0.15) is 0 Å². The molecule has 0 amide bonds. The van der Waals surface area contributed by atoms with Crippen LogP contribution in [0.2, 0.25) is 5.02 Å². The molecule has 1 unspecified atom stereocenters. The van der Waals surface area contributed by atoms with Gasteiger partial charge < -0.3 is 9.84 Å². The van der Waals surface area contributed by atoms with Gasteiger partial charge in [0.2, 0.25) is 0 Å². The SMILES string of the molecule is CCOc1cncc(C(C)(O)Cc2ccc(Cl)cc2)c1. The summed E-state index contributed by atoms with van der Waals surface area (Å²) in [7, 11) is 0. The zero-order chi connectivity index (χ0) is 14.6. The van der Waals surface area contributed by atoms with E-state index in [9.17, 15) is 5.11 Å². The lowest BCUT2D eigenvalue weighted by atomic mass is 9.90. The number of nitrogens with zero attached hydrogens (tertiary/aromatic N) is 1. The summed E-state index contributed by atoms with van der Waals surface area (Å²) in [6.07, 6.45) is 3.80. The third-order valence-electron chi connectivity index (χ3n) is 3.11. The van der Waals surface area contributed by atoms with Gasteiger partial charge in [0.25, 0.3) is 0 Å². The predicted octanol–water partition coefficient (Wildman–Crippen LogP) is 3.58. The van der Waals surface area contributed by atoms with Crippen molar-refractivity contribution in [2.75, 3.05) is 6.61 Å². The highest BCUT2D eigenvalue weighted by Gasteiger charge is 2.24. The molecule has 1 atom stereocenters. The van der Waals surface area contributed by atoms with E-state index in [0.717, 1.165) is 11.1 Å². The van der Waals surface area contributed by atoms with Crippen LogP contribution in [0.4, 0.5) is 0 Å². The number of halogens is 1. The molecule has 2 rings (SSSR count). The van der Waals surface area contributed by atoms with Crippen molar-refractivity contribution in [1.29, 1.82) is 0 Å². The Hall–Kier alpha value is -1.58. The number of rotatable bonds is 5. The monoisotopic (exact) mass is 291 g/mol. The summed E-state index contributed by atoms with van der Waals surface area (Å²) in [5.41, 5.74) is 0.744. The molecule has 0 fully saturated rings. The predicted molar refractivity (Wildman–Crippen MR) is 80.1 cm³/mol. The Labute approximate surface area is 124 Å². The van der Waals surface area contributed by atoms with Gasteiger partial charge in [0.15, 0.2) is 0 Å². The average Bonchev–Trinajstić information content (AvgIpc) is 2.42. The van der Waals surface area contributed by atoms with Crippen molar-refractivity contribution in [2.24, 2.45) is 0 Å². The van der Waals surface area contributed by atoms with Crippen molar-refractivity contribution < 1.29 is 9.84 Å². The molecule has 2 aromatic rings. The number of aliphatic hydroxyl groups is 1. The normalized spacial score (nSPS) is 13.8. The highest BCUT2D eigenvalue weighted by Crippen LogP contribution is 2.27. The van der Waals surface area contributed by atoms with Gasteiger partial charge in [-0.15, -0.1) is 0 Å². The number of ether oxygens (including phenoxy) is 1. The van der Waals surface area contributed by atoms with Crippen LogP contribution < -0.4 is 4.74 Å². The largest absolute Gasteiger partial charge is 0.492 e. The first-order valence-electron chi connectivity index (χ1n) is 6.56. The molecule has 1 aromatic carbocycles. The molecule has 1 aromatic heterocycles. The van der Waals surface area contributed by atoms with Crippen molar-refractivity contribution in [3.63, 3.8) is 0 Å². The third kappa shape index (κ3) is 3.71. The van der Waals surface area contributed by atoms with E-state index >= 15 is 0 Å². The molecule has 3 nitrogen and oxygen atoms in total. The van der Waals surface area contributed by atoms with E-state index in [1.807, 2.05) is 37.3 Å². The molecule has 0 saturated carbocycles. The van der Waals surface area contributed by atoms with E-state index in [2.05, 4.69) is 4.98 Å². The minimum Gasteiger partial charge on any atom is -0.492 e. The number of benzene rings is 1. The van der Waals surface area contributed by atoms with Gasteiger partial charge in [-0.05, 0) is 37.6 Å². The number of hydrogen-bond acceptors (Lipinski definition) is 3. The smallest absolute Gasteiger partial charge is 0.137 e. The van der Waals surface area contributed by atoms with Crippen molar-refractivity contribution in [2.45, 2.75) is 25.9 Å². The fourth-order valence-electron chi connectivity index (χ4n) is 2.06. The van der Waals surface area contributed by atoms with Gasteiger partial charge in [0.1, 0.15) is 5.75 Å². The Kier molecular flexibility index (Phi) is 4.63. The zero-order valence-corrected chi connectivity index (χ0v) is 12.4. The number of pyridine rings is 1. The van der Waals surface area contributed by atoms with Gasteiger partial charge in [-0.25, -0.2) is 0 Å². The maximum atomic E-state index is 10.7. The Morgan fingerprint density at radius 2 is 1.95 bits per heavy atom. The number of hydrogen-bond donors (Lipinski definition) is 1. The minimum absolute atomic E-state index is 0.488. The lowest BCUT2D eigenvalue weighted by Crippen LogP contribution is -2.24. The highest BCUT2D eigenvalue weighted by molar-refractivity contribution is 6.30. The second-order valence-electron chi connectivity index (χ2n) is 4.92. The quantitative estimate of drug-likeness (QED) is 0.915. The van der Waals surface area contributed by atoms with Crippen LogP contribution in [0.15, 0.2) is 42.7 Å². The lowest BCUT2D eigenvalue weighted by molar-refractivity contribution is 0.0569. The van der Waals surface area contributed by atoms with E-state index < -0.39 is 5.60 Å². The van der Waals surface area contributed by atoms with Crippen LogP contribution in [-0.4, -0.2) is 16.7 Å². The van der Waals surface area contributed by atoms with Crippen LogP contribution in [-0.2, 0) is 12.0 Å². The van der Waals surface area contributed by atoms with Crippen LogP contribution in [0.25, 0.3) is 0 Å². The zero-order valence-electron chi connectivity index (χ0n) is 11.6. The van der Waals surface area contributed by atoms with E-state index in [1.54, 1.807) is 19.3 Å². The average molecular weight is 292 g/mol. The van der Waals surface area contributed by atoms with Crippen LogP contribution >= 0.6 is 11.6 Å². The Bertz CT molecular complexity index is 567. The van der Waals surface area contributed by atoms with Gasteiger partial charge in [0.05, 0.1) is 18.4 Å². The first kappa shape index (κ1) is 14.8. The molecule has 0 aliphatic heterocycles. The molecule has 0 aliphatic rings. The minimum atomic E-state index is -1.01. The van der Waals surface area contributed by atoms with Crippen LogP contribution in [0.5, 0.6) is 5.75 Å². The highest BCUT2D eigenvalue weighted by atomic mass is 35.5. The van der Waals surface area contributed by atoms with Crippen molar-refractivity contribution in [3.8, 4) is 5.75 Å². The molecule has 1 heterocycles. The summed E-state index contributed by atoms with van der Waals surface area (Å²) < 4.78 is 5.42. The topological polar surface area (TPSA) is 42.4 Å². The maximum Gasteiger partial charge on any atom is 0.137 e. The molecule has 0 spiro atoms. The molecular weight excluding hydrogens is 274 g/mol. The van der Waals surface area contributed by atoms with Crippen LogP contribution in [0, 0.1) is 0 Å². The molecule has 106 valence electrons. The summed E-state index contributed by atoms with van der Waals surface area (Å²) >= 11 is 5.87. The molecular formula is C16H18ClNO2. The van der Waals surface area contributed by atoms with Gasteiger partial charge in [0, 0.05) is 23.2 Å². The molecule has 0 bridgehead atoms. The standard InChI is InChI=1S/C16H18ClNO2/c1-3-20-15-8-13(10-18-11-15)16(2,19)9-12-4-6-14(17)7-5-12/h4-8,10-11,19H,3,9H2,1-2H3. The fourth-order valence-corrected chi connectivity index (χ4v) is 2.19. The summed E-state index contributed by atoms with van der Waals surface area (Å²) in [6.45, 7) is 4.26. The van der Waals surface area contributed by atoms with Gasteiger partial charge in [-0.3, -0.25) is 4.98 Å². The van der Waals surface area contributed by atoms with Crippen LogP contribution in [0.3, 0.4) is 0 Å². The van der Waals surface area contributed by atoms with E-state index in [1.165, 1.54) is 0 Å². The molecule has 4 heteroatoms.